The molecule has 2 rings (SSSR count). The highest BCUT2D eigenvalue weighted by Crippen LogP contribution is 2.36. The molecule has 1 saturated heterocycles. The molecule has 1 N–H and O–H groups in total. The summed E-state index contributed by atoms with van der Waals surface area (Å²) in [6.45, 7) is 4.83. The molecule has 0 spiro atoms. The Morgan fingerprint density at radius 1 is 1.39 bits per heavy atom. The van der Waals surface area contributed by atoms with E-state index in [0.717, 1.165) is 24.9 Å². The van der Waals surface area contributed by atoms with Crippen LogP contribution in [0.2, 0.25) is 0 Å². The van der Waals surface area contributed by atoms with Gasteiger partial charge in [-0.15, -0.1) is 0 Å². The third-order valence-electron chi connectivity index (χ3n) is 3.77. The van der Waals surface area contributed by atoms with Crippen LogP contribution in [0.5, 0.6) is 0 Å². The van der Waals surface area contributed by atoms with Crippen molar-refractivity contribution in [2.24, 2.45) is 0 Å². The van der Waals surface area contributed by atoms with Gasteiger partial charge in [0, 0.05) is 18.5 Å². The number of hydrogen-bond acceptors (Lipinski definition) is 3. The molecule has 2 atom stereocenters. The Bertz CT molecular complexity index is 440. The lowest BCUT2D eigenvalue weighted by molar-refractivity contribution is -0.0809. The second kappa shape index (κ2) is 4.99. The first kappa shape index (κ1) is 12.9. The fourth-order valence-corrected chi connectivity index (χ4v) is 2.50. The van der Waals surface area contributed by atoms with E-state index in [9.17, 15) is 5.26 Å². The maximum Gasteiger partial charge on any atom is 0.130 e. The fourth-order valence-electron chi connectivity index (χ4n) is 2.50. The summed E-state index contributed by atoms with van der Waals surface area (Å²) >= 11 is 0. The van der Waals surface area contributed by atoms with E-state index in [1.165, 1.54) is 0 Å². The highest BCUT2D eigenvalue weighted by Gasteiger charge is 2.42. The van der Waals surface area contributed by atoms with Gasteiger partial charge in [-0.2, -0.15) is 5.26 Å². The Hall–Kier alpha value is -1.53. The average molecular weight is 244 g/mol. The summed E-state index contributed by atoms with van der Waals surface area (Å²) in [5.41, 5.74) is 0.291. The van der Waals surface area contributed by atoms with Gasteiger partial charge in [0.25, 0.3) is 0 Å². The molecule has 3 heteroatoms. The van der Waals surface area contributed by atoms with E-state index in [0.29, 0.717) is 6.61 Å². The van der Waals surface area contributed by atoms with Crippen LogP contribution in [-0.4, -0.2) is 17.7 Å². The smallest absolute Gasteiger partial charge is 0.130 e. The van der Waals surface area contributed by atoms with Gasteiger partial charge in [-0.1, -0.05) is 25.1 Å². The number of ether oxygens (including phenoxy) is 1. The van der Waals surface area contributed by atoms with Crippen LogP contribution in [0.4, 0.5) is 5.69 Å². The molecule has 0 saturated carbocycles. The molecule has 1 aliphatic rings. The molecule has 18 heavy (non-hydrogen) atoms. The van der Waals surface area contributed by atoms with Crippen LogP contribution >= 0.6 is 0 Å². The summed E-state index contributed by atoms with van der Waals surface area (Å²) in [4.78, 5) is 0. The van der Waals surface area contributed by atoms with E-state index in [1.54, 1.807) is 0 Å². The second-order valence-electron chi connectivity index (χ2n) is 5.26. The van der Waals surface area contributed by atoms with Gasteiger partial charge in [0.05, 0.1) is 18.3 Å². The van der Waals surface area contributed by atoms with Gasteiger partial charge in [-0.05, 0) is 25.5 Å². The van der Waals surface area contributed by atoms with Crippen LogP contribution in [0.25, 0.3) is 0 Å². The molecule has 2 unspecified atom stereocenters. The lowest BCUT2D eigenvalue weighted by Crippen LogP contribution is -2.50. The summed E-state index contributed by atoms with van der Waals surface area (Å²) in [6, 6.07) is 12.4. The van der Waals surface area contributed by atoms with E-state index in [4.69, 9.17) is 4.74 Å². The predicted octanol–water partition coefficient (Wildman–Crippen LogP) is 3.34. The minimum atomic E-state index is -0.510. The van der Waals surface area contributed by atoms with E-state index in [-0.39, 0.29) is 5.60 Å². The zero-order chi connectivity index (χ0) is 13.1. The Balaban J connectivity index is 2.19. The molecule has 0 radical (unpaired) electrons. The monoisotopic (exact) mass is 244 g/mol. The second-order valence-corrected chi connectivity index (χ2v) is 5.26. The van der Waals surface area contributed by atoms with Crippen molar-refractivity contribution >= 4 is 5.69 Å². The number of nitrogens with one attached hydrogen (secondary N) is 1. The number of hydrogen-bond donors (Lipinski definition) is 1. The SMILES string of the molecule is CCC1(C)CC(C#N)(Nc2ccccc2)CCO1. The number of benzene rings is 1. The first-order valence-electron chi connectivity index (χ1n) is 6.50. The molecule has 1 aromatic rings. The standard InChI is InChI=1S/C15H20N2O/c1-3-14(2)11-15(12-16,9-10-18-14)17-13-7-5-4-6-8-13/h4-8,17H,3,9-11H2,1-2H3. The molecule has 1 fully saturated rings. The van der Waals surface area contributed by atoms with Gasteiger partial charge in [0.2, 0.25) is 0 Å². The minimum absolute atomic E-state index is 0.199. The number of para-hydroxylation sites is 1. The molecular formula is C15H20N2O. The van der Waals surface area contributed by atoms with Crippen LogP contribution in [-0.2, 0) is 4.74 Å². The summed E-state index contributed by atoms with van der Waals surface area (Å²) in [7, 11) is 0. The zero-order valence-electron chi connectivity index (χ0n) is 11.1. The first-order chi connectivity index (χ1) is 8.61. The van der Waals surface area contributed by atoms with Crippen molar-refractivity contribution in [2.75, 3.05) is 11.9 Å². The Labute approximate surface area is 109 Å². The molecule has 96 valence electrons. The summed E-state index contributed by atoms with van der Waals surface area (Å²) in [5.74, 6) is 0. The molecular weight excluding hydrogens is 224 g/mol. The van der Waals surface area contributed by atoms with E-state index < -0.39 is 5.54 Å². The first-order valence-corrected chi connectivity index (χ1v) is 6.50. The number of rotatable bonds is 3. The van der Waals surface area contributed by atoms with Gasteiger partial charge in [-0.25, -0.2) is 0 Å². The van der Waals surface area contributed by atoms with Crippen molar-refractivity contribution in [3.63, 3.8) is 0 Å². The van der Waals surface area contributed by atoms with Crippen LogP contribution in [0.3, 0.4) is 0 Å². The highest BCUT2D eigenvalue weighted by molar-refractivity contribution is 5.47. The molecule has 1 aromatic carbocycles. The quantitative estimate of drug-likeness (QED) is 0.887. The van der Waals surface area contributed by atoms with Crippen LogP contribution in [0.15, 0.2) is 30.3 Å². The highest BCUT2D eigenvalue weighted by atomic mass is 16.5. The zero-order valence-corrected chi connectivity index (χ0v) is 11.1. The predicted molar refractivity (Wildman–Crippen MR) is 72.3 cm³/mol. The molecule has 1 aliphatic heterocycles. The number of nitriles is 1. The molecule has 1 heterocycles. The minimum Gasteiger partial charge on any atom is -0.375 e. The maximum absolute atomic E-state index is 9.56. The van der Waals surface area contributed by atoms with Crippen molar-refractivity contribution in [1.29, 1.82) is 5.26 Å². The normalized spacial score (nSPS) is 31.6. The Morgan fingerprint density at radius 3 is 2.72 bits per heavy atom. The summed E-state index contributed by atoms with van der Waals surface area (Å²) in [5, 5.41) is 13.0. The molecule has 0 amide bonds. The van der Waals surface area contributed by atoms with Crippen molar-refractivity contribution < 1.29 is 4.74 Å². The van der Waals surface area contributed by atoms with E-state index in [1.807, 2.05) is 30.3 Å². The van der Waals surface area contributed by atoms with Gasteiger partial charge in [0.15, 0.2) is 0 Å². The summed E-state index contributed by atoms with van der Waals surface area (Å²) in [6.07, 6.45) is 2.38. The van der Waals surface area contributed by atoms with Crippen LogP contribution in [0, 0.1) is 11.3 Å². The molecule has 0 bridgehead atoms. The lowest BCUT2D eigenvalue weighted by Gasteiger charge is -2.43. The largest absolute Gasteiger partial charge is 0.375 e. The van der Waals surface area contributed by atoms with Crippen LogP contribution < -0.4 is 5.32 Å². The van der Waals surface area contributed by atoms with Crippen LogP contribution in [0.1, 0.15) is 33.1 Å². The maximum atomic E-state index is 9.56. The molecule has 3 nitrogen and oxygen atoms in total. The summed E-state index contributed by atoms with van der Waals surface area (Å²) < 4.78 is 5.82. The van der Waals surface area contributed by atoms with Gasteiger partial charge in [0.1, 0.15) is 5.54 Å². The number of nitrogens with zero attached hydrogens (tertiary/aromatic N) is 1. The fraction of sp³-hybridized carbons (Fsp3) is 0.533. The average Bonchev–Trinajstić information content (AvgIpc) is 2.40. The van der Waals surface area contributed by atoms with Crippen molar-refractivity contribution in [1.82, 2.24) is 0 Å². The van der Waals surface area contributed by atoms with Gasteiger partial charge in [-0.3, -0.25) is 0 Å². The lowest BCUT2D eigenvalue weighted by atomic mass is 9.80. The number of anilines is 1. The van der Waals surface area contributed by atoms with Crippen molar-refractivity contribution in [2.45, 2.75) is 44.2 Å². The van der Waals surface area contributed by atoms with Gasteiger partial charge < -0.3 is 10.1 Å². The molecule has 0 aliphatic carbocycles. The third-order valence-corrected chi connectivity index (χ3v) is 3.77. The van der Waals surface area contributed by atoms with E-state index >= 15 is 0 Å². The third kappa shape index (κ3) is 2.65. The van der Waals surface area contributed by atoms with Crippen molar-refractivity contribution in [3.05, 3.63) is 30.3 Å². The van der Waals surface area contributed by atoms with Crippen molar-refractivity contribution in [3.8, 4) is 6.07 Å². The van der Waals surface area contributed by atoms with E-state index in [2.05, 4.69) is 25.2 Å². The van der Waals surface area contributed by atoms with Gasteiger partial charge >= 0.3 is 0 Å². The Morgan fingerprint density at radius 2 is 2.11 bits per heavy atom. The topological polar surface area (TPSA) is 45.0 Å². The molecule has 0 aromatic heterocycles. The Kier molecular flexibility index (Phi) is 3.58.